The van der Waals surface area contributed by atoms with Gasteiger partial charge in [0.25, 0.3) is 0 Å². The zero-order valence-electron chi connectivity index (χ0n) is 9.72. The van der Waals surface area contributed by atoms with Crippen molar-refractivity contribution >= 4 is 0 Å². The topological polar surface area (TPSA) is 61.4 Å². The Balaban J connectivity index is 1.76. The summed E-state index contributed by atoms with van der Waals surface area (Å²) in [5, 5.41) is 16.4. The molecule has 0 bridgehead atoms. The predicted octanol–water partition coefficient (Wildman–Crippen LogP) is 0.966. The number of rotatable bonds is 4. The summed E-state index contributed by atoms with van der Waals surface area (Å²) >= 11 is 0. The standard InChI is InChI=1S/C12H12N6/c1-2-11(9-17-13-4-5-14-17)8-12(3-1)10-18-15-6-7-16-18/h1-8H,9-10H2. The van der Waals surface area contributed by atoms with Gasteiger partial charge in [0.15, 0.2) is 0 Å². The van der Waals surface area contributed by atoms with E-state index in [0.29, 0.717) is 13.1 Å². The van der Waals surface area contributed by atoms with Crippen LogP contribution in [-0.2, 0) is 13.1 Å². The minimum Gasteiger partial charge on any atom is -0.180 e. The van der Waals surface area contributed by atoms with E-state index in [1.54, 1.807) is 34.4 Å². The molecule has 2 aromatic heterocycles. The molecule has 0 spiro atoms. The normalized spacial score (nSPS) is 10.7. The first-order valence-electron chi connectivity index (χ1n) is 5.66. The van der Waals surface area contributed by atoms with Crippen molar-refractivity contribution in [2.45, 2.75) is 13.1 Å². The number of hydrogen-bond acceptors (Lipinski definition) is 4. The number of nitrogens with zero attached hydrogens (tertiary/aromatic N) is 6. The van der Waals surface area contributed by atoms with Gasteiger partial charge in [-0.15, -0.1) is 0 Å². The number of aromatic nitrogens is 6. The third-order valence-electron chi connectivity index (χ3n) is 2.57. The highest BCUT2D eigenvalue weighted by atomic mass is 15.5. The minimum absolute atomic E-state index is 0.674. The third kappa shape index (κ3) is 2.42. The second kappa shape index (κ2) is 4.79. The van der Waals surface area contributed by atoms with Crippen molar-refractivity contribution in [2.75, 3.05) is 0 Å². The minimum atomic E-state index is 0.674. The Morgan fingerprint density at radius 3 is 1.61 bits per heavy atom. The van der Waals surface area contributed by atoms with E-state index in [1.165, 1.54) is 0 Å². The van der Waals surface area contributed by atoms with Gasteiger partial charge in [0.2, 0.25) is 0 Å². The second-order valence-corrected chi connectivity index (χ2v) is 3.94. The molecular weight excluding hydrogens is 228 g/mol. The highest BCUT2D eigenvalue weighted by Gasteiger charge is 2.00. The fraction of sp³-hybridized carbons (Fsp3) is 0.167. The maximum Gasteiger partial charge on any atom is 0.0857 e. The Morgan fingerprint density at radius 1 is 0.722 bits per heavy atom. The average Bonchev–Trinajstić information content (AvgIpc) is 3.03. The molecule has 0 saturated carbocycles. The van der Waals surface area contributed by atoms with Crippen LogP contribution in [0.3, 0.4) is 0 Å². The van der Waals surface area contributed by atoms with E-state index in [0.717, 1.165) is 11.1 Å². The molecule has 0 amide bonds. The molecule has 2 heterocycles. The molecule has 0 aliphatic carbocycles. The summed E-state index contributed by atoms with van der Waals surface area (Å²) in [6.07, 6.45) is 6.71. The van der Waals surface area contributed by atoms with Crippen molar-refractivity contribution in [3.05, 3.63) is 60.2 Å². The first-order valence-corrected chi connectivity index (χ1v) is 5.66. The Kier molecular flexibility index (Phi) is 2.83. The summed E-state index contributed by atoms with van der Waals surface area (Å²) in [5.41, 5.74) is 2.33. The highest BCUT2D eigenvalue weighted by Crippen LogP contribution is 2.07. The molecule has 0 atom stereocenters. The van der Waals surface area contributed by atoms with Crippen molar-refractivity contribution in [1.82, 2.24) is 30.0 Å². The predicted molar refractivity (Wildman–Crippen MR) is 64.7 cm³/mol. The van der Waals surface area contributed by atoms with Crippen molar-refractivity contribution in [1.29, 1.82) is 0 Å². The van der Waals surface area contributed by atoms with Crippen LogP contribution < -0.4 is 0 Å². The lowest BCUT2D eigenvalue weighted by Gasteiger charge is -2.04. The largest absolute Gasteiger partial charge is 0.180 e. The lowest BCUT2D eigenvalue weighted by Crippen LogP contribution is -2.06. The Hall–Kier alpha value is -2.50. The fourth-order valence-corrected chi connectivity index (χ4v) is 1.80. The van der Waals surface area contributed by atoms with E-state index in [1.807, 2.05) is 6.07 Å². The SMILES string of the molecule is c1cc(Cn2nccn2)cc(Cn2nccn2)c1. The molecule has 18 heavy (non-hydrogen) atoms. The first kappa shape index (κ1) is 10.6. The van der Waals surface area contributed by atoms with Gasteiger partial charge in [-0.3, -0.25) is 0 Å². The first-order chi connectivity index (χ1) is 8.90. The molecular formula is C12H12N6. The van der Waals surface area contributed by atoms with Gasteiger partial charge in [-0.2, -0.15) is 30.0 Å². The molecule has 0 fully saturated rings. The van der Waals surface area contributed by atoms with Crippen LogP contribution in [0.25, 0.3) is 0 Å². The van der Waals surface area contributed by atoms with Gasteiger partial charge in [-0.05, 0) is 11.1 Å². The average molecular weight is 240 g/mol. The van der Waals surface area contributed by atoms with Gasteiger partial charge in [0.05, 0.1) is 37.9 Å². The molecule has 0 N–H and O–H groups in total. The third-order valence-corrected chi connectivity index (χ3v) is 2.57. The van der Waals surface area contributed by atoms with Crippen LogP contribution in [0.15, 0.2) is 49.1 Å². The molecule has 0 aliphatic rings. The fourth-order valence-electron chi connectivity index (χ4n) is 1.80. The zero-order valence-corrected chi connectivity index (χ0v) is 9.72. The smallest absolute Gasteiger partial charge is 0.0857 e. The van der Waals surface area contributed by atoms with Crippen LogP contribution in [0, 0.1) is 0 Å². The Bertz CT molecular complexity index is 548. The number of hydrogen-bond donors (Lipinski definition) is 0. The molecule has 1 aromatic carbocycles. The molecule has 0 saturated heterocycles. The summed E-state index contributed by atoms with van der Waals surface area (Å²) in [7, 11) is 0. The highest BCUT2D eigenvalue weighted by molar-refractivity contribution is 5.23. The van der Waals surface area contributed by atoms with E-state index in [-0.39, 0.29) is 0 Å². The van der Waals surface area contributed by atoms with Gasteiger partial charge >= 0.3 is 0 Å². The summed E-state index contributed by atoms with van der Waals surface area (Å²) in [6.45, 7) is 1.35. The van der Waals surface area contributed by atoms with Crippen molar-refractivity contribution in [3.63, 3.8) is 0 Å². The molecule has 0 unspecified atom stereocenters. The maximum absolute atomic E-state index is 4.09. The molecule has 3 aromatic rings. The molecule has 0 aliphatic heterocycles. The van der Waals surface area contributed by atoms with Gasteiger partial charge in [-0.25, -0.2) is 0 Å². The van der Waals surface area contributed by atoms with Crippen LogP contribution >= 0.6 is 0 Å². The zero-order chi connectivity index (χ0) is 12.2. The van der Waals surface area contributed by atoms with Crippen LogP contribution in [0.1, 0.15) is 11.1 Å². The van der Waals surface area contributed by atoms with Crippen LogP contribution in [-0.4, -0.2) is 30.0 Å². The van der Waals surface area contributed by atoms with Gasteiger partial charge in [0.1, 0.15) is 0 Å². The summed E-state index contributed by atoms with van der Waals surface area (Å²) in [6, 6.07) is 8.26. The van der Waals surface area contributed by atoms with E-state index in [9.17, 15) is 0 Å². The summed E-state index contributed by atoms with van der Waals surface area (Å²) in [5.74, 6) is 0. The van der Waals surface area contributed by atoms with Crippen LogP contribution in [0.5, 0.6) is 0 Å². The van der Waals surface area contributed by atoms with Crippen molar-refractivity contribution < 1.29 is 0 Å². The molecule has 6 nitrogen and oxygen atoms in total. The maximum atomic E-state index is 4.09. The van der Waals surface area contributed by atoms with Crippen LogP contribution in [0.2, 0.25) is 0 Å². The molecule has 0 radical (unpaired) electrons. The summed E-state index contributed by atoms with van der Waals surface area (Å²) in [4.78, 5) is 3.32. The molecule has 6 heteroatoms. The Morgan fingerprint density at radius 2 is 1.17 bits per heavy atom. The van der Waals surface area contributed by atoms with Crippen LogP contribution in [0.4, 0.5) is 0 Å². The van der Waals surface area contributed by atoms with E-state index < -0.39 is 0 Å². The van der Waals surface area contributed by atoms with E-state index in [4.69, 9.17) is 0 Å². The second-order valence-electron chi connectivity index (χ2n) is 3.94. The molecule has 90 valence electrons. The van der Waals surface area contributed by atoms with E-state index >= 15 is 0 Å². The van der Waals surface area contributed by atoms with Gasteiger partial charge in [-0.1, -0.05) is 24.3 Å². The van der Waals surface area contributed by atoms with E-state index in [2.05, 4.69) is 38.6 Å². The van der Waals surface area contributed by atoms with Crippen molar-refractivity contribution in [3.8, 4) is 0 Å². The number of benzene rings is 1. The Labute approximate surface area is 104 Å². The quantitative estimate of drug-likeness (QED) is 0.681. The van der Waals surface area contributed by atoms with Crippen molar-refractivity contribution in [2.24, 2.45) is 0 Å². The van der Waals surface area contributed by atoms with Gasteiger partial charge < -0.3 is 0 Å². The summed E-state index contributed by atoms with van der Waals surface area (Å²) < 4.78 is 0. The van der Waals surface area contributed by atoms with Gasteiger partial charge in [0, 0.05) is 0 Å². The lowest BCUT2D eigenvalue weighted by atomic mass is 10.1. The lowest BCUT2D eigenvalue weighted by molar-refractivity contribution is 0.582. The molecule has 3 rings (SSSR count). The monoisotopic (exact) mass is 240 g/mol.